The number of rotatable bonds is 5. The number of carbonyl (C=O) groups excluding carboxylic acids is 2. The van der Waals surface area contributed by atoms with E-state index in [1.807, 2.05) is 13.0 Å². The Kier molecular flexibility index (Phi) is 6.52. The van der Waals surface area contributed by atoms with E-state index in [9.17, 15) is 19.5 Å². The van der Waals surface area contributed by atoms with Crippen molar-refractivity contribution in [2.45, 2.75) is 64.7 Å². The molecule has 0 fully saturated rings. The third-order valence-electron chi connectivity index (χ3n) is 5.44. The molecule has 2 aromatic rings. The highest BCUT2D eigenvalue weighted by Gasteiger charge is 2.29. The number of anilines is 1. The minimum absolute atomic E-state index is 0.107. The Balaban J connectivity index is 2.09. The molecule has 6 nitrogen and oxygen atoms in total. The van der Waals surface area contributed by atoms with Gasteiger partial charge in [0.1, 0.15) is 11.5 Å². The second-order valence-corrected chi connectivity index (χ2v) is 7.42. The van der Waals surface area contributed by atoms with E-state index in [2.05, 4.69) is 5.32 Å². The molecule has 0 saturated heterocycles. The number of carbonyl (C=O) groups is 2. The van der Waals surface area contributed by atoms with Crippen LogP contribution >= 0.6 is 0 Å². The molecule has 1 heterocycles. The van der Waals surface area contributed by atoms with E-state index in [0.717, 1.165) is 24.8 Å². The van der Waals surface area contributed by atoms with Gasteiger partial charge in [-0.3, -0.25) is 9.59 Å². The van der Waals surface area contributed by atoms with Gasteiger partial charge in [-0.15, -0.1) is 0 Å². The maximum atomic E-state index is 12.8. The number of Topliss-reactive ketones (excluding diaryl/α,β-unsaturated/α-hetero) is 1. The Labute approximate surface area is 169 Å². The summed E-state index contributed by atoms with van der Waals surface area (Å²) in [6.07, 6.45) is 4.17. The molecular formula is C23H27NO5. The molecule has 1 aromatic heterocycles. The molecule has 6 heteroatoms. The molecule has 1 aromatic carbocycles. The summed E-state index contributed by atoms with van der Waals surface area (Å²) in [6.45, 7) is 3.67. The molecule has 0 saturated carbocycles. The highest BCUT2D eigenvalue weighted by atomic mass is 16.4. The largest absolute Gasteiger partial charge is 0.506 e. The fraction of sp³-hybridized carbons (Fsp3) is 0.435. The van der Waals surface area contributed by atoms with Gasteiger partial charge in [-0.25, -0.2) is 4.79 Å². The van der Waals surface area contributed by atoms with Crippen molar-refractivity contribution in [2.24, 2.45) is 0 Å². The quantitative estimate of drug-likeness (QED) is 0.772. The summed E-state index contributed by atoms with van der Waals surface area (Å²) in [5.41, 5.74) is 1.05. The minimum Gasteiger partial charge on any atom is -0.506 e. The predicted octanol–water partition coefficient (Wildman–Crippen LogP) is 4.54. The molecular weight excluding hydrogens is 370 g/mol. The SMILES string of the molecule is CCC(=O)Nc1cccc(C(CC)c2c(O)c3c(oc2=O)CCCCCC3=O)c1. The van der Waals surface area contributed by atoms with Crippen LogP contribution in [0.5, 0.6) is 5.75 Å². The van der Waals surface area contributed by atoms with Gasteiger partial charge in [0.2, 0.25) is 5.91 Å². The topological polar surface area (TPSA) is 96.6 Å². The fourth-order valence-corrected chi connectivity index (χ4v) is 3.91. The van der Waals surface area contributed by atoms with Gasteiger partial charge in [0.15, 0.2) is 5.78 Å². The Morgan fingerprint density at radius 1 is 1.17 bits per heavy atom. The van der Waals surface area contributed by atoms with E-state index in [1.54, 1.807) is 25.1 Å². The van der Waals surface area contributed by atoms with Crippen LogP contribution in [0.3, 0.4) is 0 Å². The van der Waals surface area contributed by atoms with Gasteiger partial charge >= 0.3 is 5.63 Å². The van der Waals surface area contributed by atoms with Crippen molar-refractivity contribution in [2.75, 3.05) is 5.32 Å². The van der Waals surface area contributed by atoms with E-state index < -0.39 is 11.5 Å². The van der Waals surface area contributed by atoms with Crippen molar-refractivity contribution in [3.05, 3.63) is 57.1 Å². The van der Waals surface area contributed by atoms with Crippen LogP contribution < -0.4 is 10.9 Å². The first-order valence-corrected chi connectivity index (χ1v) is 10.3. The summed E-state index contributed by atoms with van der Waals surface area (Å²) in [4.78, 5) is 37.1. The number of nitrogens with one attached hydrogen (secondary N) is 1. The van der Waals surface area contributed by atoms with Gasteiger partial charge in [-0.1, -0.05) is 32.4 Å². The van der Waals surface area contributed by atoms with Gasteiger partial charge < -0.3 is 14.8 Å². The van der Waals surface area contributed by atoms with Crippen LogP contribution in [0.2, 0.25) is 0 Å². The fourth-order valence-electron chi connectivity index (χ4n) is 3.91. The van der Waals surface area contributed by atoms with E-state index >= 15 is 0 Å². The second kappa shape index (κ2) is 9.07. The van der Waals surface area contributed by atoms with Crippen molar-refractivity contribution in [3.63, 3.8) is 0 Å². The lowest BCUT2D eigenvalue weighted by molar-refractivity contribution is -0.115. The van der Waals surface area contributed by atoms with E-state index in [4.69, 9.17) is 4.42 Å². The first-order valence-electron chi connectivity index (χ1n) is 10.3. The van der Waals surface area contributed by atoms with Crippen molar-refractivity contribution in [3.8, 4) is 5.75 Å². The van der Waals surface area contributed by atoms with Gasteiger partial charge in [0, 0.05) is 30.9 Å². The van der Waals surface area contributed by atoms with Crippen LogP contribution in [0, 0.1) is 0 Å². The van der Waals surface area contributed by atoms with E-state index in [0.29, 0.717) is 37.1 Å². The number of ketones is 1. The van der Waals surface area contributed by atoms with Crippen LogP contribution in [-0.2, 0) is 11.2 Å². The highest BCUT2D eigenvalue weighted by Crippen LogP contribution is 2.37. The lowest BCUT2D eigenvalue weighted by atomic mass is 9.86. The lowest BCUT2D eigenvalue weighted by Gasteiger charge is -2.20. The predicted molar refractivity (Wildman–Crippen MR) is 111 cm³/mol. The average Bonchev–Trinajstić information content (AvgIpc) is 2.69. The molecule has 1 atom stereocenters. The second-order valence-electron chi connectivity index (χ2n) is 7.42. The standard InChI is InChI=1S/C23H27NO5/c1-3-16(14-9-8-10-15(13-14)24-19(26)4-2)20-22(27)21-17(25)11-6-5-7-12-18(21)29-23(20)28/h8-10,13,16,27H,3-7,11-12H2,1-2H3,(H,24,26). The number of aromatic hydroxyl groups is 1. The molecule has 0 bridgehead atoms. The molecule has 1 aliphatic carbocycles. The van der Waals surface area contributed by atoms with Crippen molar-refractivity contribution in [1.29, 1.82) is 0 Å². The lowest BCUT2D eigenvalue weighted by Crippen LogP contribution is -2.19. The first-order chi connectivity index (χ1) is 14.0. The third kappa shape index (κ3) is 4.42. The van der Waals surface area contributed by atoms with Crippen LogP contribution in [0.1, 0.15) is 85.5 Å². The molecule has 1 aliphatic rings. The van der Waals surface area contributed by atoms with Crippen LogP contribution in [-0.4, -0.2) is 16.8 Å². The highest BCUT2D eigenvalue weighted by molar-refractivity contribution is 6.00. The summed E-state index contributed by atoms with van der Waals surface area (Å²) in [5, 5.41) is 13.8. The minimum atomic E-state index is -0.607. The molecule has 154 valence electrons. The maximum absolute atomic E-state index is 12.8. The summed E-state index contributed by atoms with van der Waals surface area (Å²) in [7, 11) is 0. The summed E-state index contributed by atoms with van der Waals surface area (Å²) in [6, 6.07) is 7.20. The Hall–Kier alpha value is -2.89. The van der Waals surface area contributed by atoms with E-state index in [-0.39, 0.29) is 28.6 Å². The van der Waals surface area contributed by atoms with Gasteiger partial charge in [-0.05, 0) is 37.0 Å². The zero-order chi connectivity index (χ0) is 21.0. The molecule has 2 N–H and O–H groups in total. The smallest absolute Gasteiger partial charge is 0.343 e. The number of benzene rings is 1. The zero-order valence-corrected chi connectivity index (χ0v) is 16.9. The number of fused-ring (bicyclic) bond motifs is 1. The molecule has 0 radical (unpaired) electrons. The molecule has 1 amide bonds. The van der Waals surface area contributed by atoms with E-state index in [1.165, 1.54) is 0 Å². The number of hydrogen-bond acceptors (Lipinski definition) is 5. The Morgan fingerprint density at radius 3 is 2.66 bits per heavy atom. The molecule has 3 rings (SSSR count). The van der Waals surface area contributed by atoms with Crippen molar-refractivity contribution >= 4 is 17.4 Å². The molecule has 29 heavy (non-hydrogen) atoms. The Bertz CT molecular complexity index is 976. The summed E-state index contributed by atoms with van der Waals surface area (Å²) < 4.78 is 5.53. The molecule has 0 aliphatic heterocycles. The first kappa shape index (κ1) is 20.8. The number of hydrogen-bond donors (Lipinski definition) is 2. The van der Waals surface area contributed by atoms with Gasteiger partial charge in [0.25, 0.3) is 0 Å². The van der Waals surface area contributed by atoms with Gasteiger partial charge in [-0.2, -0.15) is 0 Å². The number of amides is 1. The van der Waals surface area contributed by atoms with Crippen molar-refractivity contribution in [1.82, 2.24) is 0 Å². The number of aryl methyl sites for hydroxylation is 1. The average molecular weight is 397 g/mol. The third-order valence-corrected chi connectivity index (χ3v) is 5.44. The van der Waals surface area contributed by atoms with Crippen LogP contribution in [0.15, 0.2) is 33.5 Å². The molecule has 0 spiro atoms. The maximum Gasteiger partial charge on any atom is 0.343 e. The zero-order valence-electron chi connectivity index (χ0n) is 16.9. The summed E-state index contributed by atoms with van der Waals surface area (Å²) >= 11 is 0. The monoisotopic (exact) mass is 397 g/mol. The van der Waals surface area contributed by atoms with Crippen LogP contribution in [0.25, 0.3) is 0 Å². The normalized spacial score (nSPS) is 15.2. The van der Waals surface area contributed by atoms with Crippen LogP contribution in [0.4, 0.5) is 5.69 Å². The Morgan fingerprint density at radius 2 is 1.93 bits per heavy atom. The van der Waals surface area contributed by atoms with Crippen molar-refractivity contribution < 1.29 is 19.1 Å². The summed E-state index contributed by atoms with van der Waals surface area (Å²) in [5.74, 6) is -0.698. The van der Waals surface area contributed by atoms with Gasteiger partial charge in [0.05, 0.1) is 11.1 Å². The molecule has 1 unspecified atom stereocenters.